The van der Waals surface area contributed by atoms with E-state index in [0.717, 1.165) is 33.2 Å². The predicted octanol–water partition coefficient (Wildman–Crippen LogP) is 18.4. The lowest BCUT2D eigenvalue weighted by molar-refractivity contribution is -0.115. The molecule has 0 aliphatic heterocycles. The van der Waals surface area contributed by atoms with Crippen molar-refractivity contribution in [1.29, 1.82) is 5.26 Å². The molecule has 4 aromatic heterocycles. The van der Waals surface area contributed by atoms with E-state index in [1.807, 2.05) is 39.8 Å². The number of amides is 4. The van der Waals surface area contributed by atoms with Gasteiger partial charge in [-0.15, -0.1) is 45.3 Å². The average molecular weight is 2010 g/mol. The molecule has 0 aliphatic carbocycles. The largest absolute Gasteiger partial charge is 0.508 e. The van der Waals surface area contributed by atoms with Crippen LogP contribution in [-0.2, 0) is 49.2 Å². The lowest BCUT2D eigenvalue weighted by Crippen LogP contribution is -2.40. The number of halogens is 3. The topological polar surface area (TPSA) is 450 Å². The SMILES string of the molecule is Brc1cnc(Br)s1.C.C.CC(=O)Nc1ccc(-c2cnc(-c3ccc(O)cc3)s2)c(S(=O)(=O)NC(C)(C)C)c1.CC(=O)Nc1ccc(-c2cnc(-c3ccc(OC(=O)NC(C)C)cc3)s2)c(S(=O)(=O)NC(C)(C)C)c1.CC(=O)Nc1ccc(C)c(S(=O)(=O)NC(C)(C)C)c1.CC(C)OC#N.OB(O)c1ccc(O)cc1.Oc1ccc(-c2ncc(Br)s2)cc1. The molecule has 662 valence electrons. The van der Waals surface area contributed by atoms with E-state index in [9.17, 15) is 49.5 Å². The van der Waals surface area contributed by atoms with Crippen molar-refractivity contribution in [2.75, 3.05) is 16.0 Å². The smallest absolute Gasteiger partial charge is 0.488 e. The number of nitrogens with one attached hydrogen (secondary N) is 7. The van der Waals surface area contributed by atoms with Gasteiger partial charge in [-0.1, -0.05) is 45.2 Å². The monoisotopic (exact) mass is 2010 g/mol. The van der Waals surface area contributed by atoms with Crippen LogP contribution in [0.5, 0.6) is 23.0 Å². The zero-order chi connectivity index (χ0) is 90.7. The van der Waals surface area contributed by atoms with Crippen molar-refractivity contribution in [2.45, 2.75) is 176 Å². The Kier molecular flexibility index (Phi) is 42.7. The number of sulfonamides is 3. The Labute approximate surface area is 761 Å². The van der Waals surface area contributed by atoms with E-state index in [1.165, 1.54) is 85.9 Å². The van der Waals surface area contributed by atoms with Crippen molar-refractivity contribution in [2.24, 2.45) is 0 Å². The third kappa shape index (κ3) is 38.7. The summed E-state index contributed by atoms with van der Waals surface area (Å²) in [6.07, 6.45) is 7.84. The fourth-order valence-corrected chi connectivity index (χ4v) is 20.2. The second kappa shape index (κ2) is 48.7. The highest BCUT2D eigenvalue weighted by Crippen LogP contribution is 2.40. The number of nitriles is 1. The summed E-state index contributed by atoms with van der Waals surface area (Å²) in [4.78, 5) is 64.4. The predicted molar refractivity (Wildman–Crippen MR) is 504 cm³/mol. The Morgan fingerprint density at radius 3 is 1.11 bits per heavy atom. The third-order valence-corrected chi connectivity index (χ3v) is 25.3. The molecular formula is C83H102BBr3N12O17S7. The maximum Gasteiger partial charge on any atom is 0.488 e. The molecule has 0 spiro atoms. The second-order valence-corrected chi connectivity index (χ2v) is 42.6. The quantitative estimate of drug-likeness (QED) is 0.0280. The van der Waals surface area contributed by atoms with E-state index < -0.39 is 59.9 Å². The van der Waals surface area contributed by atoms with E-state index in [2.05, 4.69) is 108 Å². The van der Waals surface area contributed by atoms with Gasteiger partial charge in [-0.2, -0.15) is 5.26 Å². The molecule has 12 N–H and O–H groups in total. The standard InChI is InChI=1S/C25H30N4O5S2.C21H23N3O4S2.C13H20N2O3S.C9H6BrNOS.C6H7BO3.C4H7NO.C3HBr2NS.2CH4/c1-15(2)27-24(31)34-19-10-7-17(8-11-19)23-26-14-21(35-23)20-12-9-18(28-16(3)30)13-22(20)36(32,33)29-25(4,5)6;1-13(25)23-15-7-10-17(19(11-15)30(27,28)24-21(2,3)4)18-12-22-20(29-18)14-5-8-16(26)9-6-14;1-9-6-7-11(14-10(2)16)8-12(9)19(17,18)15-13(3,4)5;10-8-5-11-9(13-8)6-1-3-7(12)4-2-6;8-6-3-1-5(2-4-6)7(9)10;1-4(2)6-3-5;4-2-1-6-3(5)7-2;;/h7-15,29H,1-6H3,(H,27,31)(H,28,30);5-12,24,26H,1-4H3,(H,23,25);6-8,15H,1-5H3,(H,14,16);1-5,12H;1-4,8-10H;4H,1-2H3;1H;2*1H4. The number of hydrogen-bond acceptors (Lipinski definition) is 26. The molecule has 4 amide bonds. The van der Waals surface area contributed by atoms with Crippen LogP contribution in [-0.4, -0.2) is 130 Å². The van der Waals surface area contributed by atoms with Crippen LogP contribution in [0.15, 0.2) is 203 Å². The van der Waals surface area contributed by atoms with Crippen LogP contribution >= 0.6 is 93.1 Å². The molecule has 0 saturated heterocycles. The van der Waals surface area contributed by atoms with Crippen LogP contribution in [0.1, 0.15) is 131 Å². The fourth-order valence-electron chi connectivity index (χ4n) is 9.69. The summed E-state index contributed by atoms with van der Waals surface area (Å²) >= 11 is 15.6. The van der Waals surface area contributed by atoms with Crippen LogP contribution in [0.2, 0.25) is 0 Å². The number of phenolic OH excluding ortho intramolecular Hbond substituents is 3. The number of carbonyl (C=O) groups excluding carboxylic acids is 4. The summed E-state index contributed by atoms with van der Waals surface area (Å²) in [5.74, 6) is 0.112. The van der Waals surface area contributed by atoms with Gasteiger partial charge in [0.25, 0.3) is 6.26 Å². The minimum absolute atomic E-state index is 0. The summed E-state index contributed by atoms with van der Waals surface area (Å²) in [6, 6.07) is 40.5. The molecule has 11 aromatic rings. The van der Waals surface area contributed by atoms with Crippen molar-refractivity contribution in [1.82, 2.24) is 39.4 Å². The minimum atomic E-state index is -3.91. The van der Waals surface area contributed by atoms with Crippen LogP contribution in [0, 0.1) is 18.4 Å². The normalized spacial score (nSPS) is 11.0. The number of aryl methyl sites for hydroxylation is 1. The number of nitrogens with zero attached hydrogens (tertiary/aromatic N) is 5. The number of hydrogen-bond donors (Lipinski definition) is 12. The van der Waals surface area contributed by atoms with Gasteiger partial charge in [0.05, 0.1) is 44.4 Å². The first kappa shape index (κ1) is 108. The summed E-state index contributed by atoms with van der Waals surface area (Å²) in [5.41, 5.74) is 3.88. The number of ether oxygens (including phenoxy) is 2. The first-order chi connectivity index (χ1) is 56.2. The zero-order valence-electron chi connectivity index (χ0n) is 68.8. The van der Waals surface area contributed by atoms with Gasteiger partial charge in [0.15, 0.2) is 3.92 Å². The van der Waals surface area contributed by atoms with Gasteiger partial charge >= 0.3 is 13.2 Å². The minimum Gasteiger partial charge on any atom is -0.508 e. The number of benzene rings is 7. The average Bonchev–Trinajstić information content (AvgIpc) is 1.76. The summed E-state index contributed by atoms with van der Waals surface area (Å²) < 4.78 is 97.9. The van der Waals surface area contributed by atoms with Crippen LogP contribution in [0.3, 0.4) is 0 Å². The van der Waals surface area contributed by atoms with E-state index in [4.69, 9.17) is 30.3 Å². The molecule has 40 heteroatoms. The fraction of sp³-hybridized carbons (Fsp3) is 0.289. The van der Waals surface area contributed by atoms with Gasteiger partial charge in [0.1, 0.15) is 44.1 Å². The Morgan fingerprint density at radius 2 is 0.805 bits per heavy atom. The highest BCUT2D eigenvalue weighted by molar-refractivity contribution is 9.12. The third-order valence-electron chi connectivity index (χ3n) is 14.2. The summed E-state index contributed by atoms with van der Waals surface area (Å²) in [5, 5.41) is 65.1. The lowest BCUT2D eigenvalue weighted by atomic mass is 9.80. The molecule has 29 nitrogen and oxygen atoms in total. The first-order valence-corrected chi connectivity index (χ1v) is 46.3. The van der Waals surface area contributed by atoms with Gasteiger partial charge in [-0.25, -0.2) is 64.2 Å². The van der Waals surface area contributed by atoms with Gasteiger partial charge in [-0.05, 0) is 277 Å². The van der Waals surface area contributed by atoms with E-state index in [0.29, 0.717) is 64.7 Å². The van der Waals surface area contributed by atoms with Crippen molar-refractivity contribution in [3.63, 3.8) is 0 Å². The molecule has 0 bridgehead atoms. The van der Waals surface area contributed by atoms with Crippen LogP contribution in [0.25, 0.3) is 52.6 Å². The molecule has 0 saturated carbocycles. The van der Waals surface area contributed by atoms with Gasteiger partial charge in [0, 0.05) is 101 Å². The molecular weight excluding hydrogens is 1910 g/mol. The van der Waals surface area contributed by atoms with E-state index in [1.54, 1.807) is 220 Å². The van der Waals surface area contributed by atoms with E-state index in [-0.39, 0.29) is 76.7 Å². The number of phenols is 3. The number of rotatable bonds is 18. The number of aromatic nitrogens is 4. The van der Waals surface area contributed by atoms with Crippen LogP contribution < -0.4 is 45.6 Å². The highest BCUT2D eigenvalue weighted by atomic mass is 79.9. The molecule has 123 heavy (non-hydrogen) atoms. The maximum absolute atomic E-state index is 13.3. The molecule has 4 heterocycles. The van der Waals surface area contributed by atoms with Crippen molar-refractivity contribution >= 4 is 177 Å². The Bertz CT molecular complexity index is 5680. The van der Waals surface area contributed by atoms with Gasteiger partial charge in [-0.3, -0.25) is 14.4 Å². The Balaban J connectivity index is 0.000000401. The summed E-state index contributed by atoms with van der Waals surface area (Å²) in [6.45, 7) is 29.0. The Hall–Kier alpha value is -9.42. The van der Waals surface area contributed by atoms with Crippen molar-refractivity contribution in [3.8, 4) is 81.8 Å². The second-order valence-electron chi connectivity index (χ2n) is 29.5. The molecule has 0 aliphatic rings. The molecule has 0 unspecified atom stereocenters. The number of carbonyl (C=O) groups is 4. The molecule has 7 aromatic carbocycles. The van der Waals surface area contributed by atoms with E-state index >= 15 is 0 Å². The van der Waals surface area contributed by atoms with Crippen molar-refractivity contribution < 1.29 is 79.3 Å². The lowest BCUT2D eigenvalue weighted by Gasteiger charge is -2.22. The summed E-state index contributed by atoms with van der Waals surface area (Å²) in [7, 11) is -12.9. The molecule has 0 atom stereocenters. The maximum atomic E-state index is 13.3. The molecule has 11 rings (SSSR count). The molecule has 0 radical (unpaired) electrons. The Morgan fingerprint density at radius 1 is 0.472 bits per heavy atom. The van der Waals surface area contributed by atoms with Gasteiger partial charge < -0.3 is 56.1 Å². The first-order valence-electron chi connectivity index (χ1n) is 36.2. The number of aromatic hydroxyl groups is 3. The molecule has 0 fully saturated rings. The van der Waals surface area contributed by atoms with Gasteiger partial charge in [0.2, 0.25) is 47.8 Å². The number of thiazole rings is 4. The zero-order valence-corrected chi connectivity index (χ0v) is 79.3. The highest BCUT2D eigenvalue weighted by Gasteiger charge is 2.30. The number of anilines is 3. The van der Waals surface area contributed by atoms with Crippen LogP contribution in [0.4, 0.5) is 21.9 Å². The van der Waals surface area contributed by atoms with Crippen molar-refractivity contribution in [3.05, 3.63) is 193 Å².